The molecule has 0 aliphatic heterocycles. The minimum absolute atomic E-state index is 0.116. The molecule has 0 unspecified atom stereocenters. The van der Waals surface area contributed by atoms with E-state index in [1.165, 1.54) is 0 Å². The van der Waals surface area contributed by atoms with E-state index in [0.717, 1.165) is 23.2 Å². The second kappa shape index (κ2) is 13.0. The Labute approximate surface area is 224 Å². The summed E-state index contributed by atoms with van der Waals surface area (Å²) in [6.07, 6.45) is 0.245. The molecule has 0 fully saturated rings. The van der Waals surface area contributed by atoms with E-state index in [9.17, 15) is 4.79 Å². The number of methoxy groups -OCH3 is 1. The fourth-order valence-electron chi connectivity index (χ4n) is 4.16. The number of halogens is 2. The summed E-state index contributed by atoms with van der Waals surface area (Å²) in [7, 11) is 1.61. The molecule has 1 amide bonds. The van der Waals surface area contributed by atoms with Crippen LogP contribution in [0.3, 0.4) is 0 Å². The molecule has 36 heavy (non-hydrogen) atoms. The minimum Gasteiger partial charge on any atom is -0.493 e. The first kappa shape index (κ1) is 27.9. The number of ether oxygens (including phenoxy) is 2. The van der Waals surface area contributed by atoms with Crippen molar-refractivity contribution in [2.45, 2.75) is 46.2 Å². The van der Waals surface area contributed by atoms with Crippen LogP contribution in [0.4, 0.5) is 5.69 Å². The van der Waals surface area contributed by atoms with Crippen LogP contribution in [-0.2, 0) is 11.2 Å². The standard InChI is InChI=1S/C29H34Cl2N2O3/c1-19(2)33(20(3)4)14-15-36-28-18-24(11-13-27(28)35-5)32-29(34)16-21-6-8-22(9-7-21)25-12-10-23(30)17-26(25)31/h6-13,17-20H,14-16H2,1-5H3,(H,32,34). The topological polar surface area (TPSA) is 50.8 Å². The van der Waals surface area contributed by atoms with Gasteiger partial charge in [0.15, 0.2) is 11.5 Å². The lowest BCUT2D eigenvalue weighted by molar-refractivity contribution is -0.115. The van der Waals surface area contributed by atoms with Crippen molar-refractivity contribution in [1.29, 1.82) is 0 Å². The number of hydrogen-bond acceptors (Lipinski definition) is 4. The van der Waals surface area contributed by atoms with Gasteiger partial charge in [-0.15, -0.1) is 0 Å². The Morgan fingerprint density at radius 2 is 1.61 bits per heavy atom. The minimum atomic E-state index is -0.116. The normalized spacial score (nSPS) is 11.3. The Kier molecular flexibility index (Phi) is 10.1. The molecule has 192 valence electrons. The van der Waals surface area contributed by atoms with E-state index in [0.29, 0.717) is 45.9 Å². The van der Waals surface area contributed by atoms with Gasteiger partial charge in [0, 0.05) is 46.0 Å². The molecule has 3 aromatic carbocycles. The summed E-state index contributed by atoms with van der Waals surface area (Å²) in [5.74, 6) is 1.12. The first-order chi connectivity index (χ1) is 17.2. The van der Waals surface area contributed by atoms with Gasteiger partial charge in [-0.1, -0.05) is 53.5 Å². The van der Waals surface area contributed by atoms with Gasteiger partial charge in [-0.2, -0.15) is 0 Å². The average molecular weight is 530 g/mol. The summed E-state index contributed by atoms with van der Waals surface area (Å²) in [4.78, 5) is 15.1. The van der Waals surface area contributed by atoms with Gasteiger partial charge in [-0.3, -0.25) is 9.69 Å². The van der Waals surface area contributed by atoms with Gasteiger partial charge in [0.25, 0.3) is 0 Å². The second-order valence-corrected chi connectivity index (χ2v) is 10.0. The number of amides is 1. The maximum absolute atomic E-state index is 12.7. The van der Waals surface area contributed by atoms with Gasteiger partial charge in [-0.05, 0) is 63.1 Å². The number of nitrogens with one attached hydrogen (secondary N) is 1. The van der Waals surface area contributed by atoms with E-state index in [2.05, 4.69) is 37.9 Å². The number of hydrogen-bond donors (Lipinski definition) is 1. The zero-order chi connectivity index (χ0) is 26.2. The van der Waals surface area contributed by atoms with Gasteiger partial charge in [0.05, 0.1) is 13.5 Å². The molecule has 0 saturated carbocycles. The summed E-state index contributed by atoms with van der Waals surface area (Å²) >= 11 is 12.3. The van der Waals surface area contributed by atoms with E-state index in [1.54, 1.807) is 25.3 Å². The first-order valence-electron chi connectivity index (χ1n) is 12.1. The van der Waals surface area contributed by atoms with Gasteiger partial charge < -0.3 is 14.8 Å². The smallest absolute Gasteiger partial charge is 0.228 e. The lowest BCUT2D eigenvalue weighted by atomic mass is 10.0. The number of nitrogens with zero attached hydrogens (tertiary/aromatic N) is 1. The van der Waals surface area contributed by atoms with Crippen LogP contribution in [0.1, 0.15) is 33.3 Å². The van der Waals surface area contributed by atoms with E-state index in [-0.39, 0.29) is 12.3 Å². The third-order valence-electron chi connectivity index (χ3n) is 5.94. The highest BCUT2D eigenvalue weighted by atomic mass is 35.5. The molecule has 3 rings (SSSR count). The van der Waals surface area contributed by atoms with Gasteiger partial charge in [0.1, 0.15) is 6.61 Å². The van der Waals surface area contributed by atoms with Gasteiger partial charge in [0.2, 0.25) is 5.91 Å². The molecule has 0 atom stereocenters. The molecule has 5 nitrogen and oxygen atoms in total. The Balaban J connectivity index is 1.62. The molecule has 1 N–H and O–H groups in total. The number of carbonyl (C=O) groups excluding carboxylic acids is 1. The third-order valence-corrected chi connectivity index (χ3v) is 6.49. The van der Waals surface area contributed by atoms with Crippen molar-refractivity contribution in [2.24, 2.45) is 0 Å². The summed E-state index contributed by atoms with van der Waals surface area (Å²) in [6, 6.07) is 19.5. The van der Waals surface area contributed by atoms with E-state index >= 15 is 0 Å². The maximum atomic E-state index is 12.7. The van der Waals surface area contributed by atoms with Crippen molar-refractivity contribution in [3.63, 3.8) is 0 Å². The first-order valence-corrected chi connectivity index (χ1v) is 12.8. The molecular formula is C29H34Cl2N2O3. The Morgan fingerprint density at radius 1 is 0.917 bits per heavy atom. The molecule has 0 aromatic heterocycles. The molecule has 0 heterocycles. The summed E-state index contributed by atoms with van der Waals surface area (Å²) in [5.41, 5.74) is 3.41. The van der Waals surface area contributed by atoms with Crippen LogP contribution < -0.4 is 14.8 Å². The SMILES string of the molecule is COc1ccc(NC(=O)Cc2ccc(-c3ccc(Cl)cc3Cl)cc2)cc1OCCN(C(C)C)C(C)C. The molecule has 0 bridgehead atoms. The van der Waals surface area contributed by atoms with Crippen molar-refractivity contribution in [1.82, 2.24) is 4.90 Å². The van der Waals surface area contributed by atoms with Crippen molar-refractivity contribution < 1.29 is 14.3 Å². The predicted molar refractivity (Wildman–Crippen MR) is 150 cm³/mol. The number of carbonyl (C=O) groups is 1. The molecule has 7 heteroatoms. The number of rotatable bonds is 11. The quantitative estimate of drug-likeness (QED) is 0.282. The van der Waals surface area contributed by atoms with Crippen molar-refractivity contribution in [3.8, 4) is 22.6 Å². The van der Waals surface area contributed by atoms with Gasteiger partial charge >= 0.3 is 0 Å². The maximum Gasteiger partial charge on any atom is 0.228 e. The van der Waals surface area contributed by atoms with E-state index in [4.69, 9.17) is 32.7 Å². The van der Waals surface area contributed by atoms with Crippen LogP contribution in [0.5, 0.6) is 11.5 Å². The number of benzene rings is 3. The zero-order valence-corrected chi connectivity index (χ0v) is 23.0. The fraction of sp³-hybridized carbons (Fsp3) is 0.345. The zero-order valence-electron chi connectivity index (χ0n) is 21.5. The largest absolute Gasteiger partial charge is 0.493 e. The Hall–Kier alpha value is -2.73. The van der Waals surface area contributed by atoms with Crippen molar-refractivity contribution in [3.05, 3.63) is 76.3 Å². The fourth-order valence-corrected chi connectivity index (χ4v) is 4.67. The van der Waals surface area contributed by atoms with E-state index < -0.39 is 0 Å². The molecule has 0 aliphatic carbocycles. The molecule has 0 spiro atoms. The summed E-state index contributed by atoms with van der Waals surface area (Å²) in [6.45, 7) is 10.0. The van der Waals surface area contributed by atoms with Crippen LogP contribution in [0.25, 0.3) is 11.1 Å². The lowest BCUT2D eigenvalue weighted by Crippen LogP contribution is -2.39. The molecule has 3 aromatic rings. The van der Waals surface area contributed by atoms with E-state index in [1.807, 2.05) is 42.5 Å². The van der Waals surface area contributed by atoms with Crippen LogP contribution in [-0.4, -0.2) is 43.2 Å². The predicted octanol–water partition coefficient (Wildman–Crippen LogP) is 7.35. The molecular weight excluding hydrogens is 495 g/mol. The second-order valence-electron chi connectivity index (χ2n) is 9.19. The molecule has 0 saturated heterocycles. The summed E-state index contributed by atoms with van der Waals surface area (Å²) < 4.78 is 11.5. The Bertz CT molecular complexity index is 1160. The monoisotopic (exact) mass is 528 g/mol. The van der Waals surface area contributed by atoms with Crippen LogP contribution in [0, 0.1) is 0 Å². The van der Waals surface area contributed by atoms with Crippen molar-refractivity contribution >= 4 is 34.8 Å². The van der Waals surface area contributed by atoms with Crippen molar-refractivity contribution in [2.75, 3.05) is 25.6 Å². The highest BCUT2D eigenvalue weighted by molar-refractivity contribution is 6.36. The van der Waals surface area contributed by atoms with Crippen LogP contribution in [0.2, 0.25) is 10.0 Å². The van der Waals surface area contributed by atoms with Crippen LogP contribution >= 0.6 is 23.2 Å². The van der Waals surface area contributed by atoms with Gasteiger partial charge in [-0.25, -0.2) is 0 Å². The third kappa shape index (κ3) is 7.63. The average Bonchev–Trinajstić information content (AvgIpc) is 2.82. The van der Waals surface area contributed by atoms with Crippen LogP contribution in [0.15, 0.2) is 60.7 Å². The summed E-state index contributed by atoms with van der Waals surface area (Å²) in [5, 5.41) is 4.14. The molecule has 0 aliphatic rings. The number of anilines is 1. The highest BCUT2D eigenvalue weighted by Gasteiger charge is 2.14. The Morgan fingerprint density at radius 3 is 2.22 bits per heavy atom. The molecule has 0 radical (unpaired) electrons. The lowest BCUT2D eigenvalue weighted by Gasteiger charge is -2.30. The highest BCUT2D eigenvalue weighted by Crippen LogP contribution is 2.32.